The predicted octanol–water partition coefficient (Wildman–Crippen LogP) is 6.15. The number of aryl methyl sites for hydroxylation is 2. The van der Waals surface area contributed by atoms with Crippen LogP contribution < -0.4 is 0 Å². The summed E-state index contributed by atoms with van der Waals surface area (Å²) >= 11 is 9.82. The number of hydrogen-bond donors (Lipinski definition) is 0. The maximum absolute atomic E-state index is 3.83. The van der Waals surface area contributed by atoms with Crippen LogP contribution in [0.4, 0.5) is 0 Å². The summed E-state index contributed by atoms with van der Waals surface area (Å²) in [5.41, 5.74) is 5.21. The molecule has 18 heavy (non-hydrogen) atoms. The van der Waals surface area contributed by atoms with Crippen molar-refractivity contribution in [3.8, 4) is 0 Å². The number of rotatable bonds is 2. The molecule has 0 fully saturated rings. The topological polar surface area (TPSA) is 0 Å². The Hall–Kier alpha value is 0.130. The highest BCUT2D eigenvalue weighted by molar-refractivity contribution is 14.1. The minimum Gasteiger partial charge on any atom is -0.0786 e. The molecule has 0 heterocycles. The van der Waals surface area contributed by atoms with Crippen LogP contribution in [0.1, 0.15) is 27.1 Å². The summed E-state index contributed by atoms with van der Waals surface area (Å²) in [6.07, 6.45) is 0. The molecular formula is C15H13Br2I. The minimum absolute atomic E-state index is 0.224. The molecule has 2 aromatic carbocycles. The Bertz CT molecular complexity index is 527. The van der Waals surface area contributed by atoms with Crippen molar-refractivity contribution in [2.75, 3.05) is 0 Å². The fraction of sp³-hybridized carbons (Fsp3) is 0.200. The lowest BCUT2D eigenvalue weighted by Gasteiger charge is -2.16. The second-order valence-electron chi connectivity index (χ2n) is 4.39. The number of alkyl halides is 1. The van der Waals surface area contributed by atoms with Gasteiger partial charge in [-0.1, -0.05) is 55.6 Å². The minimum atomic E-state index is 0.224. The van der Waals surface area contributed by atoms with Gasteiger partial charge in [0, 0.05) is 8.04 Å². The molecule has 0 aliphatic heterocycles. The molecule has 2 rings (SSSR count). The third kappa shape index (κ3) is 3.17. The van der Waals surface area contributed by atoms with Gasteiger partial charge in [0.05, 0.1) is 4.83 Å². The smallest absolute Gasteiger partial charge is 0.0658 e. The van der Waals surface area contributed by atoms with E-state index in [9.17, 15) is 0 Å². The van der Waals surface area contributed by atoms with Gasteiger partial charge in [0.1, 0.15) is 0 Å². The van der Waals surface area contributed by atoms with Crippen LogP contribution in [0.2, 0.25) is 0 Å². The van der Waals surface area contributed by atoms with E-state index in [1.54, 1.807) is 0 Å². The van der Waals surface area contributed by atoms with Gasteiger partial charge < -0.3 is 0 Å². The van der Waals surface area contributed by atoms with Crippen LogP contribution in [-0.2, 0) is 0 Å². The van der Waals surface area contributed by atoms with E-state index in [1.165, 1.54) is 25.8 Å². The fourth-order valence-electron chi connectivity index (χ4n) is 1.91. The molecule has 3 heteroatoms. The second kappa shape index (κ2) is 6.06. The van der Waals surface area contributed by atoms with E-state index in [0.717, 1.165) is 4.47 Å². The molecule has 2 aromatic rings. The van der Waals surface area contributed by atoms with Gasteiger partial charge in [-0.15, -0.1) is 0 Å². The maximum Gasteiger partial charge on any atom is 0.0658 e. The van der Waals surface area contributed by atoms with E-state index < -0.39 is 0 Å². The normalized spacial score (nSPS) is 12.5. The zero-order valence-corrected chi connectivity index (χ0v) is 15.5. The van der Waals surface area contributed by atoms with Crippen molar-refractivity contribution in [3.05, 3.63) is 66.7 Å². The van der Waals surface area contributed by atoms with Crippen molar-refractivity contribution in [2.24, 2.45) is 0 Å². The van der Waals surface area contributed by atoms with Gasteiger partial charge in [0.25, 0.3) is 0 Å². The zero-order valence-electron chi connectivity index (χ0n) is 10.2. The lowest BCUT2D eigenvalue weighted by Crippen LogP contribution is -1.98. The molecule has 0 saturated heterocycles. The number of benzene rings is 2. The van der Waals surface area contributed by atoms with Crippen LogP contribution in [0.25, 0.3) is 0 Å². The predicted molar refractivity (Wildman–Crippen MR) is 93.5 cm³/mol. The monoisotopic (exact) mass is 478 g/mol. The summed E-state index contributed by atoms with van der Waals surface area (Å²) in [4.78, 5) is 0.224. The molecule has 0 N–H and O–H groups in total. The van der Waals surface area contributed by atoms with Crippen LogP contribution in [0.3, 0.4) is 0 Å². The van der Waals surface area contributed by atoms with Crippen LogP contribution in [0, 0.1) is 17.4 Å². The van der Waals surface area contributed by atoms with Crippen molar-refractivity contribution in [3.63, 3.8) is 0 Å². The third-order valence-corrected chi connectivity index (χ3v) is 5.32. The average Bonchev–Trinajstić information content (AvgIpc) is 2.34. The molecule has 0 aliphatic rings. The molecule has 0 saturated carbocycles. The SMILES string of the molecule is Cc1ccc(C)c(C(Br)c2cc(I)ccc2Br)c1. The van der Waals surface area contributed by atoms with Crippen molar-refractivity contribution in [1.82, 2.24) is 0 Å². The van der Waals surface area contributed by atoms with Crippen molar-refractivity contribution in [2.45, 2.75) is 18.7 Å². The Morgan fingerprint density at radius 3 is 2.44 bits per heavy atom. The van der Waals surface area contributed by atoms with Crippen molar-refractivity contribution >= 4 is 54.5 Å². The zero-order chi connectivity index (χ0) is 13.3. The molecule has 0 aromatic heterocycles. The first-order valence-electron chi connectivity index (χ1n) is 5.65. The highest BCUT2D eigenvalue weighted by atomic mass is 127. The molecule has 0 aliphatic carbocycles. The summed E-state index contributed by atoms with van der Waals surface area (Å²) in [6, 6.07) is 13.0. The van der Waals surface area contributed by atoms with Crippen LogP contribution >= 0.6 is 54.5 Å². The highest BCUT2D eigenvalue weighted by Crippen LogP contribution is 2.37. The molecule has 0 radical (unpaired) electrons. The Morgan fingerprint density at radius 2 is 1.72 bits per heavy atom. The summed E-state index contributed by atoms with van der Waals surface area (Å²) in [5, 5.41) is 0. The van der Waals surface area contributed by atoms with Gasteiger partial charge in [0.15, 0.2) is 0 Å². The second-order valence-corrected chi connectivity index (χ2v) is 7.40. The van der Waals surface area contributed by atoms with Crippen molar-refractivity contribution in [1.29, 1.82) is 0 Å². The van der Waals surface area contributed by atoms with Gasteiger partial charge in [-0.2, -0.15) is 0 Å². The average molecular weight is 480 g/mol. The maximum atomic E-state index is 3.83. The molecule has 0 spiro atoms. The quantitative estimate of drug-likeness (QED) is 0.358. The van der Waals surface area contributed by atoms with Gasteiger partial charge in [-0.25, -0.2) is 0 Å². The standard InChI is InChI=1S/C15H13Br2I/c1-9-3-4-10(2)12(7-9)15(17)13-8-11(18)5-6-14(13)16/h3-8,15H,1-2H3. The largest absolute Gasteiger partial charge is 0.0786 e. The lowest BCUT2D eigenvalue weighted by molar-refractivity contribution is 1.12. The van der Waals surface area contributed by atoms with Gasteiger partial charge in [0.2, 0.25) is 0 Å². The van der Waals surface area contributed by atoms with E-state index in [4.69, 9.17) is 0 Å². The van der Waals surface area contributed by atoms with Gasteiger partial charge in [-0.3, -0.25) is 0 Å². The summed E-state index contributed by atoms with van der Waals surface area (Å²) in [6.45, 7) is 4.29. The molecule has 0 amide bonds. The third-order valence-electron chi connectivity index (χ3n) is 2.94. The Kier molecular flexibility index (Phi) is 4.89. The molecule has 1 atom stereocenters. The Labute approximate surface area is 139 Å². The molecule has 1 unspecified atom stereocenters. The number of halogens is 3. The Balaban J connectivity index is 2.50. The first-order valence-corrected chi connectivity index (χ1v) is 8.44. The van der Waals surface area contributed by atoms with Crippen LogP contribution in [-0.4, -0.2) is 0 Å². The Morgan fingerprint density at radius 1 is 1.00 bits per heavy atom. The summed E-state index contributed by atoms with van der Waals surface area (Å²) < 4.78 is 2.39. The summed E-state index contributed by atoms with van der Waals surface area (Å²) in [5.74, 6) is 0. The molecule has 0 nitrogen and oxygen atoms in total. The molecule has 0 bridgehead atoms. The first kappa shape index (κ1) is 14.5. The van der Waals surface area contributed by atoms with E-state index in [-0.39, 0.29) is 4.83 Å². The van der Waals surface area contributed by atoms with Gasteiger partial charge >= 0.3 is 0 Å². The van der Waals surface area contributed by atoms with Crippen LogP contribution in [0.15, 0.2) is 40.9 Å². The summed E-state index contributed by atoms with van der Waals surface area (Å²) in [7, 11) is 0. The molecule has 94 valence electrons. The fourth-order valence-corrected chi connectivity index (χ4v) is 4.08. The first-order chi connectivity index (χ1) is 8.49. The van der Waals surface area contributed by atoms with E-state index >= 15 is 0 Å². The molecular weight excluding hydrogens is 467 g/mol. The lowest BCUT2D eigenvalue weighted by atomic mass is 9.98. The van der Waals surface area contributed by atoms with E-state index in [0.29, 0.717) is 0 Å². The number of hydrogen-bond acceptors (Lipinski definition) is 0. The highest BCUT2D eigenvalue weighted by Gasteiger charge is 2.16. The van der Waals surface area contributed by atoms with E-state index in [2.05, 4.69) is 105 Å². The van der Waals surface area contributed by atoms with E-state index in [1.807, 2.05) is 0 Å². The van der Waals surface area contributed by atoms with Gasteiger partial charge in [-0.05, 0) is 71.3 Å². The van der Waals surface area contributed by atoms with Crippen molar-refractivity contribution < 1.29 is 0 Å². The van der Waals surface area contributed by atoms with Crippen LogP contribution in [0.5, 0.6) is 0 Å².